The van der Waals surface area contributed by atoms with Gasteiger partial charge < -0.3 is 4.42 Å². The minimum absolute atomic E-state index is 0.0721. The fourth-order valence-corrected chi connectivity index (χ4v) is 2.86. The van der Waals surface area contributed by atoms with Gasteiger partial charge in [0.05, 0.1) is 12.3 Å². The van der Waals surface area contributed by atoms with E-state index in [0.29, 0.717) is 16.3 Å². The molecule has 102 valence electrons. The van der Waals surface area contributed by atoms with Crippen molar-refractivity contribution in [1.82, 2.24) is 4.72 Å². The Labute approximate surface area is 121 Å². The number of hydrogen-bond donors (Lipinski definition) is 1. The topological polar surface area (TPSA) is 59.3 Å². The predicted octanol–water partition coefficient (Wildman–Crippen LogP) is 3.21. The molecule has 0 saturated carbocycles. The van der Waals surface area contributed by atoms with Crippen molar-refractivity contribution < 1.29 is 12.8 Å². The molecule has 19 heavy (non-hydrogen) atoms. The van der Waals surface area contributed by atoms with Crippen molar-refractivity contribution in [2.75, 3.05) is 0 Å². The van der Waals surface area contributed by atoms with Crippen LogP contribution in [0, 0.1) is 0 Å². The quantitative estimate of drug-likeness (QED) is 0.920. The molecule has 0 spiro atoms. The van der Waals surface area contributed by atoms with Gasteiger partial charge in [-0.25, -0.2) is 13.1 Å². The largest absolute Gasteiger partial charge is 0.448 e. The van der Waals surface area contributed by atoms with Crippen molar-refractivity contribution in [1.29, 1.82) is 0 Å². The number of furan rings is 1. The second kappa shape index (κ2) is 5.96. The minimum atomic E-state index is -3.43. The van der Waals surface area contributed by atoms with Crippen molar-refractivity contribution >= 4 is 33.2 Å². The van der Waals surface area contributed by atoms with Crippen LogP contribution < -0.4 is 4.72 Å². The lowest BCUT2D eigenvalue weighted by Gasteiger charge is -2.05. The van der Waals surface area contributed by atoms with Crippen LogP contribution in [0.25, 0.3) is 0 Å². The van der Waals surface area contributed by atoms with Gasteiger partial charge in [0.15, 0.2) is 5.22 Å². The third-order valence-electron chi connectivity index (χ3n) is 2.37. The molecule has 0 aliphatic heterocycles. The Morgan fingerprint density at radius 1 is 1.05 bits per heavy atom. The number of sulfonamides is 1. The first-order chi connectivity index (χ1) is 8.94. The highest BCUT2D eigenvalue weighted by molar-refractivity contribution is 7.88. The Morgan fingerprint density at radius 3 is 2.32 bits per heavy atom. The van der Waals surface area contributed by atoms with E-state index in [-0.39, 0.29) is 17.5 Å². The minimum Gasteiger partial charge on any atom is -0.448 e. The average molecular weight is 320 g/mol. The summed E-state index contributed by atoms with van der Waals surface area (Å²) in [5, 5.41) is 0.797. The zero-order chi connectivity index (χ0) is 13.9. The fraction of sp³-hybridized carbons (Fsp3) is 0.167. The van der Waals surface area contributed by atoms with Gasteiger partial charge in [0.25, 0.3) is 0 Å². The predicted molar refractivity (Wildman–Crippen MR) is 74.6 cm³/mol. The van der Waals surface area contributed by atoms with Gasteiger partial charge in [-0.3, -0.25) is 0 Å². The molecule has 0 aliphatic carbocycles. The summed E-state index contributed by atoms with van der Waals surface area (Å²) < 4.78 is 31.2. The van der Waals surface area contributed by atoms with Crippen LogP contribution in [-0.2, 0) is 22.3 Å². The Bertz CT molecular complexity index is 650. The van der Waals surface area contributed by atoms with Gasteiger partial charge in [-0.15, -0.1) is 0 Å². The highest BCUT2D eigenvalue weighted by atomic mass is 35.5. The molecule has 0 atom stereocenters. The van der Waals surface area contributed by atoms with Crippen LogP contribution in [0.15, 0.2) is 40.8 Å². The van der Waals surface area contributed by atoms with Crippen molar-refractivity contribution in [3.05, 3.63) is 58.0 Å². The molecule has 1 aromatic carbocycles. The normalized spacial score (nSPS) is 11.7. The third kappa shape index (κ3) is 4.54. The second-order valence-corrected chi connectivity index (χ2v) is 6.53. The van der Waals surface area contributed by atoms with Crippen LogP contribution >= 0.6 is 23.2 Å². The van der Waals surface area contributed by atoms with Gasteiger partial charge >= 0.3 is 0 Å². The first-order valence-electron chi connectivity index (χ1n) is 5.41. The lowest BCUT2D eigenvalue weighted by molar-refractivity contribution is 0.500. The summed E-state index contributed by atoms with van der Waals surface area (Å²) in [5.41, 5.74) is 0.661. The maximum absolute atomic E-state index is 11.8. The van der Waals surface area contributed by atoms with Crippen molar-refractivity contribution in [3.63, 3.8) is 0 Å². The van der Waals surface area contributed by atoms with E-state index in [1.807, 2.05) is 0 Å². The molecule has 1 N–H and O–H groups in total. The molecular weight excluding hydrogens is 309 g/mol. The number of nitrogens with one attached hydrogen (secondary N) is 1. The molecule has 0 aliphatic rings. The third-order valence-corrected chi connectivity index (χ3v) is 4.12. The molecule has 0 bridgehead atoms. The maximum atomic E-state index is 11.8. The summed E-state index contributed by atoms with van der Waals surface area (Å²) in [6, 6.07) is 9.82. The Hall–Kier alpha value is -1.01. The van der Waals surface area contributed by atoms with Crippen LogP contribution in [0.3, 0.4) is 0 Å². The van der Waals surface area contributed by atoms with E-state index in [2.05, 4.69) is 4.72 Å². The van der Waals surface area contributed by atoms with Gasteiger partial charge in [-0.1, -0.05) is 23.7 Å². The monoisotopic (exact) mass is 319 g/mol. The molecule has 2 aromatic rings. The van der Waals surface area contributed by atoms with E-state index in [0.717, 1.165) is 0 Å². The Balaban J connectivity index is 1.97. The number of benzene rings is 1. The van der Waals surface area contributed by atoms with Crippen LogP contribution in [0.4, 0.5) is 0 Å². The molecule has 1 heterocycles. The second-order valence-electron chi connectivity index (χ2n) is 3.91. The number of rotatable bonds is 5. The van der Waals surface area contributed by atoms with Crippen LogP contribution in [0.2, 0.25) is 10.2 Å². The fourth-order valence-electron chi connectivity index (χ4n) is 1.48. The van der Waals surface area contributed by atoms with E-state index >= 15 is 0 Å². The van der Waals surface area contributed by atoms with Gasteiger partial charge in [0.2, 0.25) is 10.0 Å². The summed E-state index contributed by atoms with van der Waals surface area (Å²) in [6.07, 6.45) is 0. The summed E-state index contributed by atoms with van der Waals surface area (Å²) in [7, 11) is -3.43. The molecule has 1 aromatic heterocycles. The summed E-state index contributed by atoms with van der Waals surface area (Å²) in [6.45, 7) is 0.0721. The van der Waals surface area contributed by atoms with E-state index in [4.69, 9.17) is 27.6 Å². The molecule has 2 rings (SSSR count). The molecule has 0 amide bonds. The first kappa shape index (κ1) is 14.4. The average Bonchev–Trinajstić information content (AvgIpc) is 2.76. The van der Waals surface area contributed by atoms with Gasteiger partial charge in [0, 0.05) is 5.02 Å². The number of halogens is 2. The highest BCUT2D eigenvalue weighted by Gasteiger charge is 2.12. The van der Waals surface area contributed by atoms with Crippen LogP contribution in [0.1, 0.15) is 11.3 Å². The van der Waals surface area contributed by atoms with Crippen LogP contribution in [-0.4, -0.2) is 8.42 Å². The molecule has 0 fully saturated rings. The van der Waals surface area contributed by atoms with Gasteiger partial charge in [-0.05, 0) is 41.4 Å². The number of hydrogen-bond acceptors (Lipinski definition) is 3. The lowest BCUT2D eigenvalue weighted by Crippen LogP contribution is -2.24. The SMILES string of the molecule is O=S(=O)(Cc1ccc(Cl)cc1)NCc1ccc(Cl)o1. The van der Waals surface area contributed by atoms with Crippen molar-refractivity contribution in [2.45, 2.75) is 12.3 Å². The van der Waals surface area contributed by atoms with Crippen molar-refractivity contribution in [3.8, 4) is 0 Å². The lowest BCUT2D eigenvalue weighted by atomic mass is 10.2. The van der Waals surface area contributed by atoms with E-state index in [9.17, 15) is 8.42 Å². The smallest absolute Gasteiger partial charge is 0.216 e. The van der Waals surface area contributed by atoms with Crippen molar-refractivity contribution in [2.24, 2.45) is 0 Å². The van der Waals surface area contributed by atoms with Gasteiger partial charge in [0.1, 0.15) is 5.76 Å². The molecule has 4 nitrogen and oxygen atoms in total. The standard InChI is InChI=1S/C12H11Cl2NO3S/c13-10-3-1-9(2-4-10)8-19(16,17)15-7-11-5-6-12(14)18-11/h1-6,15H,7-8H2. The summed E-state index contributed by atoms with van der Waals surface area (Å²) in [5.74, 6) is 0.350. The van der Waals surface area contributed by atoms with E-state index < -0.39 is 10.0 Å². The van der Waals surface area contributed by atoms with E-state index in [1.165, 1.54) is 0 Å². The summed E-state index contributed by atoms with van der Waals surface area (Å²) in [4.78, 5) is 0. The molecule has 0 radical (unpaired) electrons. The van der Waals surface area contributed by atoms with E-state index in [1.54, 1.807) is 36.4 Å². The summed E-state index contributed by atoms with van der Waals surface area (Å²) >= 11 is 11.3. The molecular formula is C12H11Cl2NO3S. The van der Waals surface area contributed by atoms with Gasteiger partial charge in [-0.2, -0.15) is 0 Å². The Morgan fingerprint density at radius 2 is 1.74 bits per heavy atom. The molecule has 0 unspecified atom stereocenters. The maximum Gasteiger partial charge on any atom is 0.216 e. The zero-order valence-corrected chi connectivity index (χ0v) is 12.1. The van der Waals surface area contributed by atoms with Crippen LogP contribution in [0.5, 0.6) is 0 Å². The Kier molecular flexibility index (Phi) is 4.52. The molecule has 0 saturated heterocycles. The first-order valence-corrected chi connectivity index (χ1v) is 7.81. The molecule has 7 heteroatoms. The highest BCUT2D eigenvalue weighted by Crippen LogP contribution is 2.14. The zero-order valence-electron chi connectivity index (χ0n) is 9.77.